The van der Waals surface area contributed by atoms with Gasteiger partial charge in [-0.05, 0) is 104 Å². The second-order valence-corrected chi connectivity index (χ2v) is 16.6. The monoisotopic (exact) mass is 812 g/mol. The van der Waals surface area contributed by atoms with Gasteiger partial charge in [0, 0.05) is 35.8 Å². The number of hydrogen-bond acceptors (Lipinski definition) is 6. The van der Waals surface area contributed by atoms with Crippen LogP contribution in [0.2, 0.25) is 0 Å². The second kappa shape index (κ2) is 15.3. The first-order chi connectivity index (χ1) is 31.2. The van der Waals surface area contributed by atoms with Gasteiger partial charge in [-0.3, -0.25) is 10.3 Å². The summed E-state index contributed by atoms with van der Waals surface area (Å²) in [5.74, 6) is 0.849. The van der Waals surface area contributed by atoms with E-state index >= 15 is 0 Å². The minimum absolute atomic E-state index is 0.173. The van der Waals surface area contributed by atoms with E-state index in [-0.39, 0.29) is 12.3 Å². The lowest BCUT2D eigenvalue weighted by atomic mass is 9.67. The zero-order valence-electron chi connectivity index (χ0n) is 34.6. The van der Waals surface area contributed by atoms with Crippen LogP contribution in [0.15, 0.2) is 211 Å². The first kappa shape index (κ1) is 37.0. The zero-order chi connectivity index (χ0) is 41.7. The van der Waals surface area contributed by atoms with Crippen LogP contribution in [0.25, 0.3) is 44.3 Å². The summed E-state index contributed by atoms with van der Waals surface area (Å²) < 4.78 is 0. The lowest BCUT2D eigenvalue weighted by Gasteiger charge is -2.34. The van der Waals surface area contributed by atoms with Crippen molar-refractivity contribution < 1.29 is 0 Å². The molecule has 8 aromatic carbocycles. The molecule has 0 spiro atoms. The van der Waals surface area contributed by atoms with Crippen molar-refractivity contribution in [2.75, 3.05) is 23.7 Å². The highest BCUT2D eigenvalue weighted by atomic mass is 15.3. The number of aliphatic imine (C=N–C) groups is 1. The van der Waals surface area contributed by atoms with E-state index in [9.17, 15) is 0 Å². The SMILES string of the molecule is c1ccc(C2=NC(c3cc(-c4ccc5c(c4)C(c4ccccc4)(c4ccccc4)c4ccccc4-5)cc(-c4cc5c(c6cccnc46)NCCN5)c3)NC(c3ccccc3)N2)cc1. The van der Waals surface area contributed by atoms with Gasteiger partial charge in [-0.1, -0.05) is 158 Å². The minimum atomic E-state index is -0.517. The lowest BCUT2D eigenvalue weighted by molar-refractivity contribution is 0.409. The maximum atomic E-state index is 5.44. The molecule has 0 bridgehead atoms. The van der Waals surface area contributed by atoms with Crippen LogP contribution in [0, 0.1) is 0 Å². The van der Waals surface area contributed by atoms with Crippen molar-refractivity contribution in [1.29, 1.82) is 0 Å². The summed E-state index contributed by atoms with van der Waals surface area (Å²) in [5, 5.41) is 16.1. The molecule has 0 saturated carbocycles. The van der Waals surface area contributed by atoms with Gasteiger partial charge in [0.1, 0.15) is 18.2 Å². The van der Waals surface area contributed by atoms with Crippen molar-refractivity contribution in [3.8, 4) is 33.4 Å². The van der Waals surface area contributed by atoms with Gasteiger partial charge in [0.15, 0.2) is 0 Å². The molecule has 9 aromatic rings. The fourth-order valence-electron chi connectivity index (χ4n) is 10.2. The molecule has 2 atom stereocenters. The first-order valence-electron chi connectivity index (χ1n) is 21.8. The molecular formula is C57H44N6. The van der Waals surface area contributed by atoms with Crippen molar-refractivity contribution in [1.82, 2.24) is 15.6 Å². The Balaban J connectivity index is 1.10. The molecule has 0 fully saturated rings. The van der Waals surface area contributed by atoms with Crippen molar-refractivity contribution >= 4 is 28.1 Å². The third-order valence-corrected chi connectivity index (χ3v) is 13.1. The standard InChI is InChI=1S/C57H44N6/c1-5-16-37(17-6-1)54-61-55(38-18-7-2-8-19-38)63-56(62-54)42-33-40(32-41(34-42)48-36-51-53(60-31-30-58-51)47-25-15-29-59-52(47)48)39-27-28-46-45-24-13-14-26-49(45)57(50(46)35-39,43-20-9-3-10-21-43)44-22-11-4-12-23-44/h1-29,32-36,54,56,58,60,62H,30-31H2,(H,61,63). The van der Waals surface area contributed by atoms with Gasteiger partial charge in [0.25, 0.3) is 0 Å². The van der Waals surface area contributed by atoms with Crippen molar-refractivity contribution in [2.24, 2.45) is 4.99 Å². The number of benzene rings is 8. The van der Waals surface area contributed by atoms with Gasteiger partial charge in [-0.25, -0.2) is 4.99 Å². The Hall–Kier alpha value is -7.80. The van der Waals surface area contributed by atoms with Gasteiger partial charge in [0.2, 0.25) is 0 Å². The molecule has 1 aromatic heterocycles. The smallest absolute Gasteiger partial charge is 0.131 e. The van der Waals surface area contributed by atoms with E-state index in [1.54, 1.807) is 0 Å². The van der Waals surface area contributed by atoms with Crippen molar-refractivity contribution in [3.05, 3.63) is 245 Å². The highest BCUT2D eigenvalue weighted by Gasteiger charge is 2.46. The molecule has 63 heavy (non-hydrogen) atoms. The van der Waals surface area contributed by atoms with E-state index in [0.717, 1.165) is 80.1 Å². The maximum absolute atomic E-state index is 5.44. The summed E-state index contributed by atoms with van der Waals surface area (Å²) in [4.78, 5) is 10.5. The summed E-state index contributed by atoms with van der Waals surface area (Å²) >= 11 is 0. The van der Waals surface area contributed by atoms with E-state index in [1.807, 2.05) is 18.3 Å². The molecular weight excluding hydrogens is 769 g/mol. The van der Waals surface area contributed by atoms with E-state index in [1.165, 1.54) is 33.4 Å². The molecule has 2 aliphatic heterocycles. The average Bonchev–Trinajstić information content (AvgIpc) is 3.67. The van der Waals surface area contributed by atoms with E-state index in [4.69, 9.17) is 9.98 Å². The highest BCUT2D eigenvalue weighted by molar-refractivity contribution is 6.07. The predicted molar refractivity (Wildman–Crippen MR) is 258 cm³/mol. The quantitative estimate of drug-likeness (QED) is 0.129. The van der Waals surface area contributed by atoms with E-state index in [0.29, 0.717) is 0 Å². The predicted octanol–water partition coefficient (Wildman–Crippen LogP) is 12.1. The Bertz CT molecular complexity index is 3140. The Morgan fingerprint density at radius 2 is 1.14 bits per heavy atom. The second-order valence-electron chi connectivity index (χ2n) is 16.6. The summed E-state index contributed by atoms with van der Waals surface area (Å²) in [6.45, 7) is 1.71. The number of nitrogens with zero attached hydrogens (tertiary/aromatic N) is 2. The van der Waals surface area contributed by atoms with Crippen LogP contribution in [0.4, 0.5) is 11.4 Å². The summed E-state index contributed by atoms with van der Waals surface area (Å²) in [6.07, 6.45) is 1.36. The number of anilines is 2. The van der Waals surface area contributed by atoms with Crippen LogP contribution in [-0.2, 0) is 5.41 Å². The van der Waals surface area contributed by atoms with Crippen LogP contribution in [0.1, 0.15) is 51.3 Å². The topological polar surface area (TPSA) is 73.4 Å². The Morgan fingerprint density at radius 1 is 0.476 bits per heavy atom. The van der Waals surface area contributed by atoms with E-state index in [2.05, 4.69) is 209 Å². The molecule has 12 rings (SSSR count). The zero-order valence-corrected chi connectivity index (χ0v) is 34.6. The van der Waals surface area contributed by atoms with Gasteiger partial charge >= 0.3 is 0 Å². The van der Waals surface area contributed by atoms with Gasteiger partial charge < -0.3 is 16.0 Å². The Kier molecular flexibility index (Phi) is 8.97. The van der Waals surface area contributed by atoms with Crippen molar-refractivity contribution in [3.63, 3.8) is 0 Å². The number of amidine groups is 1. The van der Waals surface area contributed by atoms with Gasteiger partial charge in [-0.2, -0.15) is 0 Å². The highest BCUT2D eigenvalue weighted by Crippen LogP contribution is 2.57. The molecule has 6 heteroatoms. The molecule has 3 heterocycles. The molecule has 302 valence electrons. The summed E-state index contributed by atoms with van der Waals surface area (Å²) in [6, 6.07) is 72.6. The molecule has 1 aliphatic carbocycles. The van der Waals surface area contributed by atoms with Crippen molar-refractivity contribution in [2.45, 2.75) is 17.7 Å². The van der Waals surface area contributed by atoms with Gasteiger partial charge in [0.05, 0.1) is 22.3 Å². The molecule has 4 N–H and O–H groups in total. The third kappa shape index (κ3) is 6.21. The minimum Gasteiger partial charge on any atom is -0.382 e. The van der Waals surface area contributed by atoms with Gasteiger partial charge in [-0.15, -0.1) is 0 Å². The number of rotatable bonds is 7. The molecule has 2 unspecified atom stereocenters. The normalized spacial score (nSPS) is 17.0. The molecule has 0 amide bonds. The molecule has 6 nitrogen and oxygen atoms in total. The number of fused-ring (bicyclic) bond motifs is 6. The Labute approximate surface area is 367 Å². The third-order valence-electron chi connectivity index (χ3n) is 13.1. The lowest BCUT2D eigenvalue weighted by Crippen LogP contribution is -2.44. The molecule has 3 aliphatic rings. The largest absolute Gasteiger partial charge is 0.382 e. The van der Waals surface area contributed by atoms with E-state index < -0.39 is 5.41 Å². The maximum Gasteiger partial charge on any atom is 0.131 e. The Morgan fingerprint density at radius 3 is 1.92 bits per heavy atom. The fraction of sp³-hybridized carbons (Fsp3) is 0.0877. The summed E-state index contributed by atoms with van der Waals surface area (Å²) in [5.41, 5.74) is 17.9. The summed E-state index contributed by atoms with van der Waals surface area (Å²) in [7, 11) is 0. The molecule has 0 radical (unpaired) electrons. The number of nitrogens with one attached hydrogen (secondary N) is 4. The fourth-order valence-corrected chi connectivity index (χ4v) is 10.2. The number of pyridine rings is 1. The molecule has 0 saturated heterocycles. The average molecular weight is 813 g/mol. The first-order valence-corrected chi connectivity index (χ1v) is 21.8. The van der Waals surface area contributed by atoms with Crippen LogP contribution >= 0.6 is 0 Å². The van der Waals surface area contributed by atoms with Crippen LogP contribution in [-0.4, -0.2) is 23.9 Å². The van der Waals surface area contributed by atoms with Crippen LogP contribution in [0.3, 0.4) is 0 Å². The van der Waals surface area contributed by atoms with Crippen LogP contribution < -0.4 is 21.3 Å². The number of aromatic nitrogens is 1. The number of hydrogen-bond donors (Lipinski definition) is 4. The van der Waals surface area contributed by atoms with Crippen LogP contribution in [0.5, 0.6) is 0 Å².